The summed E-state index contributed by atoms with van der Waals surface area (Å²) in [5.41, 5.74) is 0. The lowest BCUT2D eigenvalue weighted by Crippen LogP contribution is -2.39. The van der Waals surface area contributed by atoms with Crippen LogP contribution in [0, 0.1) is 0 Å². The zero-order valence-electron chi connectivity index (χ0n) is 8.84. The van der Waals surface area contributed by atoms with Gasteiger partial charge in [0.05, 0.1) is 25.9 Å². The molecular formula is C10H18ClNO3. The van der Waals surface area contributed by atoms with Crippen molar-refractivity contribution in [2.24, 2.45) is 0 Å². The summed E-state index contributed by atoms with van der Waals surface area (Å²) in [6.45, 7) is 2.38. The van der Waals surface area contributed by atoms with Crippen molar-refractivity contribution in [3.8, 4) is 0 Å². The minimum Gasteiger partial charge on any atom is -0.376 e. The number of nitrogens with one attached hydrogen (secondary N) is 1. The Hall–Kier alpha value is -0.320. The number of hydrogen-bond acceptors (Lipinski definition) is 3. The summed E-state index contributed by atoms with van der Waals surface area (Å²) in [5, 5.41) is 2.82. The average Bonchev–Trinajstić information content (AvgIpc) is 2.28. The van der Waals surface area contributed by atoms with E-state index in [2.05, 4.69) is 5.32 Å². The second-order valence-corrected chi connectivity index (χ2v) is 3.90. The quantitative estimate of drug-likeness (QED) is 0.550. The molecule has 1 atom stereocenters. The van der Waals surface area contributed by atoms with Crippen LogP contribution in [-0.2, 0) is 14.3 Å². The van der Waals surface area contributed by atoms with Gasteiger partial charge >= 0.3 is 0 Å². The van der Waals surface area contributed by atoms with Crippen LogP contribution < -0.4 is 5.32 Å². The standard InChI is InChI=1S/C10H18ClNO3/c11-4-2-1-3-10(13)12-7-9-8-14-5-6-15-9/h9H,1-8H2,(H,12,13). The monoisotopic (exact) mass is 235 g/mol. The van der Waals surface area contributed by atoms with E-state index in [0.717, 1.165) is 12.8 Å². The molecule has 4 nitrogen and oxygen atoms in total. The Balaban J connectivity index is 2.00. The number of alkyl halides is 1. The SMILES string of the molecule is O=C(CCCCCl)NCC1COCCO1. The van der Waals surface area contributed by atoms with Crippen LogP contribution in [0.1, 0.15) is 19.3 Å². The first-order chi connectivity index (χ1) is 7.33. The number of carbonyl (C=O) groups is 1. The number of unbranched alkanes of at least 4 members (excludes halogenated alkanes) is 1. The molecule has 1 fully saturated rings. The minimum atomic E-state index is 0.00993. The summed E-state index contributed by atoms with van der Waals surface area (Å²) in [7, 11) is 0. The Morgan fingerprint density at radius 1 is 1.40 bits per heavy atom. The first kappa shape index (κ1) is 12.7. The molecule has 0 spiro atoms. The molecule has 0 saturated carbocycles. The second-order valence-electron chi connectivity index (χ2n) is 3.52. The third-order valence-electron chi connectivity index (χ3n) is 2.20. The number of carbonyl (C=O) groups excluding carboxylic acids is 1. The van der Waals surface area contributed by atoms with Gasteiger partial charge in [-0.05, 0) is 12.8 Å². The van der Waals surface area contributed by atoms with Gasteiger partial charge in [0.1, 0.15) is 0 Å². The molecule has 1 aliphatic heterocycles. The van der Waals surface area contributed by atoms with Gasteiger partial charge in [0, 0.05) is 18.8 Å². The number of rotatable bonds is 6. The molecule has 0 aromatic carbocycles. The van der Waals surface area contributed by atoms with Gasteiger partial charge in [-0.3, -0.25) is 4.79 Å². The molecule has 88 valence electrons. The van der Waals surface area contributed by atoms with Gasteiger partial charge < -0.3 is 14.8 Å². The zero-order valence-corrected chi connectivity index (χ0v) is 9.59. The van der Waals surface area contributed by atoms with Crippen molar-refractivity contribution in [1.29, 1.82) is 0 Å². The van der Waals surface area contributed by atoms with E-state index in [9.17, 15) is 4.79 Å². The summed E-state index contributed by atoms with van der Waals surface area (Å²) in [6, 6.07) is 0. The van der Waals surface area contributed by atoms with Crippen molar-refractivity contribution in [1.82, 2.24) is 5.32 Å². The van der Waals surface area contributed by atoms with Crippen molar-refractivity contribution in [2.75, 3.05) is 32.2 Å². The highest BCUT2D eigenvalue weighted by atomic mass is 35.5. The largest absolute Gasteiger partial charge is 0.376 e. The lowest BCUT2D eigenvalue weighted by atomic mass is 10.2. The second kappa shape index (κ2) is 7.91. The van der Waals surface area contributed by atoms with Crippen LogP contribution in [0.2, 0.25) is 0 Å². The summed E-state index contributed by atoms with van der Waals surface area (Å²) in [5.74, 6) is 0.682. The lowest BCUT2D eigenvalue weighted by molar-refractivity contribution is -0.124. The average molecular weight is 236 g/mol. The van der Waals surface area contributed by atoms with Crippen molar-refractivity contribution >= 4 is 17.5 Å². The van der Waals surface area contributed by atoms with E-state index < -0.39 is 0 Å². The number of amides is 1. The molecular weight excluding hydrogens is 218 g/mol. The van der Waals surface area contributed by atoms with Gasteiger partial charge in [0.15, 0.2) is 0 Å². The fourth-order valence-corrected chi connectivity index (χ4v) is 1.54. The molecule has 0 radical (unpaired) electrons. The van der Waals surface area contributed by atoms with E-state index in [4.69, 9.17) is 21.1 Å². The van der Waals surface area contributed by atoms with Crippen LogP contribution in [0.4, 0.5) is 0 Å². The smallest absolute Gasteiger partial charge is 0.220 e. The maximum Gasteiger partial charge on any atom is 0.220 e. The van der Waals surface area contributed by atoms with Crippen LogP contribution in [0.15, 0.2) is 0 Å². The zero-order chi connectivity index (χ0) is 10.9. The number of halogens is 1. The van der Waals surface area contributed by atoms with E-state index in [1.165, 1.54) is 0 Å². The minimum absolute atomic E-state index is 0.00993. The normalized spacial score (nSPS) is 21.3. The molecule has 1 rings (SSSR count). The maximum atomic E-state index is 11.3. The maximum absolute atomic E-state index is 11.3. The molecule has 5 heteroatoms. The van der Waals surface area contributed by atoms with Crippen molar-refractivity contribution < 1.29 is 14.3 Å². The Morgan fingerprint density at radius 3 is 2.93 bits per heavy atom. The van der Waals surface area contributed by atoms with E-state index in [0.29, 0.717) is 38.7 Å². The fraction of sp³-hybridized carbons (Fsp3) is 0.900. The Kier molecular flexibility index (Phi) is 6.72. The van der Waals surface area contributed by atoms with Gasteiger partial charge in [-0.2, -0.15) is 0 Å². The van der Waals surface area contributed by atoms with Crippen molar-refractivity contribution in [2.45, 2.75) is 25.4 Å². The van der Waals surface area contributed by atoms with E-state index in [-0.39, 0.29) is 12.0 Å². The van der Waals surface area contributed by atoms with Crippen molar-refractivity contribution in [3.05, 3.63) is 0 Å². The van der Waals surface area contributed by atoms with Gasteiger partial charge in [0.25, 0.3) is 0 Å². The topological polar surface area (TPSA) is 47.6 Å². The van der Waals surface area contributed by atoms with Crippen LogP contribution in [0.3, 0.4) is 0 Å². The Bertz CT molecular complexity index is 184. The van der Waals surface area contributed by atoms with E-state index in [1.807, 2.05) is 0 Å². The summed E-state index contributed by atoms with van der Waals surface area (Å²) in [4.78, 5) is 11.3. The Morgan fingerprint density at radius 2 is 2.27 bits per heavy atom. The molecule has 15 heavy (non-hydrogen) atoms. The van der Waals surface area contributed by atoms with Gasteiger partial charge in [-0.1, -0.05) is 0 Å². The van der Waals surface area contributed by atoms with Crippen LogP contribution in [0.25, 0.3) is 0 Å². The molecule has 0 bridgehead atoms. The van der Waals surface area contributed by atoms with Crippen molar-refractivity contribution in [3.63, 3.8) is 0 Å². The van der Waals surface area contributed by atoms with Gasteiger partial charge in [-0.15, -0.1) is 11.6 Å². The molecule has 0 aromatic rings. The van der Waals surface area contributed by atoms with Gasteiger partial charge in [0.2, 0.25) is 5.91 Å². The Labute approximate surface area is 95.3 Å². The highest BCUT2D eigenvalue weighted by Crippen LogP contribution is 2.00. The highest BCUT2D eigenvalue weighted by Gasteiger charge is 2.14. The molecule has 1 unspecified atom stereocenters. The van der Waals surface area contributed by atoms with E-state index >= 15 is 0 Å². The molecule has 0 aliphatic carbocycles. The highest BCUT2D eigenvalue weighted by molar-refractivity contribution is 6.17. The number of ether oxygens (including phenoxy) is 2. The summed E-state index contributed by atoms with van der Waals surface area (Å²) in [6.07, 6.45) is 2.28. The van der Waals surface area contributed by atoms with E-state index in [1.54, 1.807) is 0 Å². The number of hydrogen-bond donors (Lipinski definition) is 1. The predicted molar refractivity (Wildman–Crippen MR) is 58.1 cm³/mol. The first-order valence-corrected chi connectivity index (χ1v) is 5.88. The molecule has 1 amide bonds. The fourth-order valence-electron chi connectivity index (χ4n) is 1.35. The summed E-state index contributed by atoms with van der Waals surface area (Å²) < 4.78 is 10.6. The van der Waals surface area contributed by atoms with Crippen LogP contribution in [-0.4, -0.2) is 44.3 Å². The molecule has 1 N–H and O–H groups in total. The molecule has 1 heterocycles. The first-order valence-electron chi connectivity index (χ1n) is 5.35. The summed E-state index contributed by atoms with van der Waals surface area (Å²) >= 11 is 5.52. The molecule has 1 saturated heterocycles. The van der Waals surface area contributed by atoms with Crippen LogP contribution >= 0.6 is 11.6 Å². The van der Waals surface area contributed by atoms with Crippen LogP contribution in [0.5, 0.6) is 0 Å². The third-order valence-corrected chi connectivity index (χ3v) is 2.47. The predicted octanol–water partition coefficient (Wildman–Crippen LogP) is 0.927. The third kappa shape index (κ3) is 5.97. The molecule has 0 aromatic heterocycles. The van der Waals surface area contributed by atoms with Gasteiger partial charge in [-0.25, -0.2) is 0 Å². The lowest BCUT2D eigenvalue weighted by Gasteiger charge is -2.23. The molecule has 1 aliphatic rings.